The van der Waals surface area contributed by atoms with Crippen LogP contribution in [0.5, 0.6) is 5.75 Å². The number of hydrogen-bond acceptors (Lipinski definition) is 6. The van der Waals surface area contributed by atoms with E-state index < -0.39 is 35.9 Å². The van der Waals surface area contributed by atoms with Gasteiger partial charge in [-0.3, -0.25) is 19.2 Å². The summed E-state index contributed by atoms with van der Waals surface area (Å²) >= 11 is 0. The number of aliphatic carboxylic acids is 1. The topological polar surface area (TPSA) is 165 Å². The van der Waals surface area contributed by atoms with Crippen LogP contribution in [0.15, 0.2) is 78.9 Å². The zero-order valence-electron chi connectivity index (χ0n) is 23.7. The molecule has 1 saturated heterocycles. The van der Waals surface area contributed by atoms with Gasteiger partial charge in [0, 0.05) is 38.4 Å². The Bertz CT molecular complexity index is 1460. The third-order valence-electron chi connectivity index (χ3n) is 7.17. The van der Waals surface area contributed by atoms with Crippen molar-refractivity contribution in [3.05, 3.63) is 95.6 Å². The molecule has 4 amide bonds. The first kappa shape index (κ1) is 30.8. The zero-order valence-corrected chi connectivity index (χ0v) is 23.7. The third-order valence-corrected chi connectivity index (χ3v) is 7.17. The molecule has 1 heterocycles. The van der Waals surface area contributed by atoms with Crippen molar-refractivity contribution in [2.75, 3.05) is 5.32 Å². The van der Waals surface area contributed by atoms with Gasteiger partial charge in [0.05, 0.1) is 0 Å². The first-order chi connectivity index (χ1) is 20.6. The molecular weight excluding hydrogens is 552 g/mol. The summed E-state index contributed by atoms with van der Waals surface area (Å²) < 4.78 is 0. The lowest BCUT2D eigenvalue weighted by molar-refractivity contribution is -0.143. The molecule has 3 atom stereocenters. The molecule has 224 valence electrons. The monoisotopic (exact) mass is 586 g/mol. The number of benzene rings is 3. The van der Waals surface area contributed by atoms with Gasteiger partial charge in [0.2, 0.25) is 23.6 Å². The fraction of sp³-hybridized carbons (Fsp3) is 0.281. The quantitative estimate of drug-likeness (QED) is 0.217. The van der Waals surface area contributed by atoms with E-state index in [2.05, 4.69) is 16.0 Å². The van der Waals surface area contributed by atoms with E-state index in [1.807, 2.05) is 30.3 Å². The molecule has 4 rings (SSSR count). The molecule has 11 nitrogen and oxygen atoms in total. The molecule has 43 heavy (non-hydrogen) atoms. The Kier molecular flexibility index (Phi) is 10.1. The van der Waals surface area contributed by atoms with Crippen molar-refractivity contribution >= 4 is 35.3 Å². The molecule has 0 bridgehead atoms. The summed E-state index contributed by atoms with van der Waals surface area (Å²) in [7, 11) is 0. The predicted molar refractivity (Wildman–Crippen MR) is 158 cm³/mol. The first-order valence-corrected chi connectivity index (χ1v) is 13.9. The Morgan fingerprint density at radius 1 is 0.837 bits per heavy atom. The molecule has 1 fully saturated rings. The van der Waals surface area contributed by atoms with E-state index in [0.717, 1.165) is 11.1 Å². The lowest BCUT2D eigenvalue weighted by Crippen LogP contribution is -2.50. The fourth-order valence-electron chi connectivity index (χ4n) is 4.96. The number of anilines is 1. The summed E-state index contributed by atoms with van der Waals surface area (Å²) in [5, 5.41) is 27.3. The van der Waals surface area contributed by atoms with Crippen molar-refractivity contribution in [3.63, 3.8) is 0 Å². The largest absolute Gasteiger partial charge is 0.508 e. The Morgan fingerprint density at radius 2 is 1.44 bits per heavy atom. The van der Waals surface area contributed by atoms with E-state index in [1.165, 1.54) is 24.0 Å². The molecule has 11 heteroatoms. The maximum atomic E-state index is 13.1. The molecule has 0 aromatic heterocycles. The fourth-order valence-corrected chi connectivity index (χ4v) is 4.96. The molecule has 0 unspecified atom stereocenters. The summed E-state index contributed by atoms with van der Waals surface area (Å²) in [4.78, 5) is 63.8. The van der Waals surface area contributed by atoms with Gasteiger partial charge in [0.25, 0.3) is 0 Å². The van der Waals surface area contributed by atoms with Gasteiger partial charge in [-0.25, -0.2) is 4.79 Å². The van der Waals surface area contributed by atoms with Crippen LogP contribution in [0.4, 0.5) is 5.69 Å². The van der Waals surface area contributed by atoms with E-state index >= 15 is 0 Å². The SMILES string of the molecule is CC(=O)N[C@@H](Cc1ccc(O)cc1)C(=O)Nc1ccc(C[C@H](NC(=O)[C@H]2CCC(=O)N2Cc2ccccc2)C(=O)O)cc1. The second-order valence-corrected chi connectivity index (χ2v) is 10.5. The molecular formula is C32H34N4O7. The average Bonchev–Trinajstić information content (AvgIpc) is 3.34. The van der Waals surface area contributed by atoms with Crippen LogP contribution >= 0.6 is 0 Å². The molecule has 0 aliphatic carbocycles. The van der Waals surface area contributed by atoms with E-state index in [-0.39, 0.29) is 43.4 Å². The van der Waals surface area contributed by atoms with Crippen molar-refractivity contribution in [2.45, 2.75) is 57.3 Å². The van der Waals surface area contributed by atoms with Crippen LogP contribution in [0.1, 0.15) is 36.5 Å². The second kappa shape index (κ2) is 14.1. The van der Waals surface area contributed by atoms with Crippen molar-refractivity contribution in [2.24, 2.45) is 0 Å². The van der Waals surface area contributed by atoms with Crippen LogP contribution in [0.25, 0.3) is 0 Å². The summed E-state index contributed by atoms with van der Waals surface area (Å²) in [5.41, 5.74) is 2.67. The van der Waals surface area contributed by atoms with Crippen molar-refractivity contribution in [3.8, 4) is 5.75 Å². The van der Waals surface area contributed by atoms with Crippen LogP contribution < -0.4 is 16.0 Å². The van der Waals surface area contributed by atoms with Gasteiger partial charge in [0.15, 0.2) is 0 Å². The van der Waals surface area contributed by atoms with Gasteiger partial charge in [-0.2, -0.15) is 0 Å². The molecule has 3 aromatic rings. The molecule has 1 aliphatic heterocycles. The Hall–Kier alpha value is -5.19. The van der Waals surface area contributed by atoms with Crippen LogP contribution in [0, 0.1) is 0 Å². The van der Waals surface area contributed by atoms with Crippen molar-refractivity contribution in [1.29, 1.82) is 0 Å². The number of hydrogen-bond donors (Lipinski definition) is 5. The maximum absolute atomic E-state index is 13.1. The van der Waals surface area contributed by atoms with Gasteiger partial charge in [-0.15, -0.1) is 0 Å². The summed E-state index contributed by atoms with van der Waals surface area (Å²) in [6.45, 7) is 1.58. The smallest absolute Gasteiger partial charge is 0.326 e. The number of phenolic OH excluding ortho intramolecular Hbond substituents is 1. The predicted octanol–water partition coefficient (Wildman–Crippen LogP) is 2.38. The number of carbonyl (C=O) groups excluding carboxylic acids is 4. The van der Waals surface area contributed by atoms with Gasteiger partial charge in [0.1, 0.15) is 23.9 Å². The standard InChI is InChI=1S/C32H34N4O7/c1-20(37)33-26(17-22-9-13-25(38)14-10-22)30(40)34-24-11-7-21(8-12-24)18-27(32(42)43)35-31(41)28-15-16-29(39)36(28)19-23-5-3-2-4-6-23/h2-14,26-28,38H,15-19H2,1H3,(H,33,37)(H,34,40)(H,35,41)(H,42,43)/t26-,27-,28+/m0/s1. The Balaban J connectivity index is 1.37. The highest BCUT2D eigenvalue weighted by Crippen LogP contribution is 2.22. The number of phenols is 1. The lowest BCUT2D eigenvalue weighted by atomic mass is 10.0. The van der Waals surface area contributed by atoms with Gasteiger partial charge >= 0.3 is 5.97 Å². The number of nitrogens with one attached hydrogen (secondary N) is 3. The molecule has 0 spiro atoms. The zero-order chi connectivity index (χ0) is 30.9. The molecule has 0 saturated carbocycles. The number of amides is 4. The highest BCUT2D eigenvalue weighted by atomic mass is 16.4. The number of aromatic hydroxyl groups is 1. The third kappa shape index (κ3) is 8.65. The molecule has 0 radical (unpaired) electrons. The number of nitrogens with zero attached hydrogens (tertiary/aromatic N) is 1. The van der Waals surface area contributed by atoms with Crippen molar-refractivity contribution < 1.29 is 34.2 Å². The molecule has 5 N–H and O–H groups in total. The summed E-state index contributed by atoms with van der Waals surface area (Å²) in [6, 6.07) is 19.3. The molecule has 3 aromatic carbocycles. The number of likely N-dealkylation sites (tertiary alicyclic amines) is 1. The number of rotatable bonds is 12. The minimum Gasteiger partial charge on any atom is -0.508 e. The van der Waals surface area contributed by atoms with Crippen molar-refractivity contribution in [1.82, 2.24) is 15.5 Å². The van der Waals surface area contributed by atoms with Gasteiger partial charge in [-0.1, -0.05) is 54.6 Å². The highest BCUT2D eigenvalue weighted by Gasteiger charge is 2.37. The lowest BCUT2D eigenvalue weighted by Gasteiger charge is -2.26. The maximum Gasteiger partial charge on any atom is 0.326 e. The number of carboxylic acid groups (broad SMARTS) is 1. The van der Waals surface area contributed by atoms with E-state index in [9.17, 15) is 34.2 Å². The highest BCUT2D eigenvalue weighted by molar-refractivity contribution is 5.97. The first-order valence-electron chi connectivity index (χ1n) is 13.9. The van der Waals surface area contributed by atoms with Crippen LogP contribution in [0.2, 0.25) is 0 Å². The van der Waals surface area contributed by atoms with E-state index in [0.29, 0.717) is 17.7 Å². The number of carboxylic acids is 1. The normalized spacial score (nSPS) is 15.8. The van der Waals surface area contributed by atoms with Crippen LogP contribution in [0.3, 0.4) is 0 Å². The minimum absolute atomic E-state index is 0.00990. The second-order valence-electron chi connectivity index (χ2n) is 10.5. The average molecular weight is 587 g/mol. The van der Waals surface area contributed by atoms with Crippen LogP contribution in [-0.2, 0) is 43.4 Å². The van der Waals surface area contributed by atoms with Gasteiger partial charge < -0.3 is 31.1 Å². The Morgan fingerprint density at radius 3 is 2.05 bits per heavy atom. The van der Waals surface area contributed by atoms with Gasteiger partial charge in [-0.05, 0) is 47.4 Å². The summed E-state index contributed by atoms with van der Waals surface area (Å²) in [5.74, 6) is -2.61. The number of carbonyl (C=O) groups is 5. The van der Waals surface area contributed by atoms with E-state index in [4.69, 9.17) is 0 Å². The van der Waals surface area contributed by atoms with E-state index in [1.54, 1.807) is 36.4 Å². The summed E-state index contributed by atoms with van der Waals surface area (Å²) in [6.07, 6.45) is 0.723. The minimum atomic E-state index is -1.23. The van der Waals surface area contributed by atoms with Crippen LogP contribution in [-0.4, -0.2) is 62.8 Å². The Labute approximate surface area is 248 Å². The molecule has 1 aliphatic rings.